The van der Waals surface area contributed by atoms with Crippen molar-refractivity contribution in [1.82, 2.24) is 20.4 Å². The van der Waals surface area contributed by atoms with Gasteiger partial charge >= 0.3 is 6.03 Å². The molecule has 2 aromatic rings. The van der Waals surface area contributed by atoms with Crippen molar-refractivity contribution in [1.29, 1.82) is 0 Å². The maximum absolute atomic E-state index is 12.7. The Hall–Kier alpha value is -3.92. The second-order valence-electron chi connectivity index (χ2n) is 7.30. The SMILES string of the molecule is O=C(NCCN1C(=O)S/C(=C/c2ccccc2)C1=O)c1ccccc1CN1C(=O)CNC1=O. The minimum atomic E-state index is -0.502. The molecular formula is C23H20N4O5S. The Morgan fingerprint density at radius 2 is 1.73 bits per heavy atom. The van der Waals surface area contributed by atoms with E-state index in [0.29, 0.717) is 16.0 Å². The van der Waals surface area contributed by atoms with Gasteiger partial charge in [-0.05, 0) is 35.0 Å². The monoisotopic (exact) mass is 464 g/mol. The molecule has 2 aliphatic rings. The van der Waals surface area contributed by atoms with E-state index in [2.05, 4.69) is 10.6 Å². The summed E-state index contributed by atoms with van der Waals surface area (Å²) in [5.41, 5.74) is 1.64. The van der Waals surface area contributed by atoms with Crippen LogP contribution in [0, 0.1) is 0 Å². The fourth-order valence-corrected chi connectivity index (χ4v) is 4.30. The summed E-state index contributed by atoms with van der Waals surface area (Å²) >= 11 is 0.863. The lowest BCUT2D eigenvalue weighted by Crippen LogP contribution is -2.38. The molecule has 0 aliphatic carbocycles. The number of nitrogens with one attached hydrogen (secondary N) is 2. The minimum absolute atomic E-state index is 0.0255. The molecule has 33 heavy (non-hydrogen) atoms. The van der Waals surface area contributed by atoms with Gasteiger partial charge in [0, 0.05) is 18.7 Å². The van der Waals surface area contributed by atoms with Crippen LogP contribution in [0.1, 0.15) is 21.5 Å². The molecule has 4 rings (SSSR count). The normalized spacial score (nSPS) is 17.2. The minimum Gasteiger partial charge on any atom is -0.350 e. The Morgan fingerprint density at radius 1 is 1.00 bits per heavy atom. The fourth-order valence-electron chi connectivity index (χ4n) is 3.44. The summed E-state index contributed by atoms with van der Waals surface area (Å²) in [4.78, 5) is 63.7. The second-order valence-corrected chi connectivity index (χ2v) is 8.29. The highest BCUT2D eigenvalue weighted by Crippen LogP contribution is 2.31. The zero-order chi connectivity index (χ0) is 23.4. The van der Waals surface area contributed by atoms with Gasteiger partial charge in [0.05, 0.1) is 18.0 Å². The zero-order valence-corrected chi connectivity index (χ0v) is 18.3. The molecule has 0 saturated carbocycles. The first-order chi connectivity index (χ1) is 15.9. The van der Waals surface area contributed by atoms with Crippen molar-refractivity contribution in [2.75, 3.05) is 19.6 Å². The van der Waals surface area contributed by atoms with E-state index in [-0.39, 0.29) is 32.1 Å². The van der Waals surface area contributed by atoms with E-state index in [0.717, 1.165) is 27.1 Å². The molecule has 2 heterocycles. The summed E-state index contributed by atoms with van der Waals surface area (Å²) in [5, 5.41) is 4.75. The third kappa shape index (κ3) is 4.96. The molecular weight excluding hydrogens is 444 g/mol. The van der Waals surface area contributed by atoms with E-state index >= 15 is 0 Å². The molecule has 2 aromatic carbocycles. The number of urea groups is 1. The Kier molecular flexibility index (Phi) is 6.55. The number of carbonyl (C=O) groups excluding carboxylic acids is 5. The number of hydrogen-bond donors (Lipinski definition) is 2. The average molecular weight is 465 g/mol. The lowest BCUT2D eigenvalue weighted by molar-refractivity contribution is -0.125. The van der Waals surface area contributed by atoms with Crippen LogP contribution in [0.2, 0.25) is 0 Å². The first-order valence-corrected chi connectivity index (χ1v) is 11.0. The van der Waals surface area contributed by atoms with Crippen LogP contribution in [0.5, 0.6) is 0 Å². The van der Waals surface area contributed by atoms with E-state index in [4.69, 9.17) is 0 Å². The van der Waals surface area contributed by atoms with E-state index in [9.17, 15) is 24.0 Å². The molecule has 2 N–H and O–H groups in total. The molecule has 0 radical (unpaired) electrons. The topological polar surface area (TPSA) is 116 Å². The van der Waals surface area contributed by atoms with Crippen LogP contribution in [0.3, 0.4) is 0 Å². The highest BCUT2D eigenvalue weighted by Gasteiger charge is 2.35. The summed E-state index contributed by atoms with van der Waals surface area (Å²) in [6.45, 7) is -0.00385. The van der Waals surface area contributed by atoms with Gasteiger partial charge in [-0.25, -0.2) is 4.79 Å². The van der Waals surface area contributed by atoms with Crippen molar-refractivity contribution in [2.45, 2.75) is 6.54 Å². The Morgan fingerprint density at radius 3 is 2.45 bits per heavy atom. The summed E-state index contributed by atoms with van der Waals surface area (Å²) in [5.74, 6) is -1.19. The van der Waals surface area contributed by atoms with Gasteiger partial charge in [0.25, 0.3) is 17.1 Å². The molecule has 2 fully saturated rings. The van der Waals surface area contributed by atoms with Gasteiger partial charge in [-0.2, -0.15) is 0 Å². The number of hydrogen-bond acceptors (Lipinski definition) is 6. The number of thioether (sulfide) groups is 1. The van der Waals surface area contributed by atoms with Crippen molar-refractivity contribution >= 4 is 46.8 Å². The van der Waals surface area contributed by atoms with E-state index in [1.54, 1.807) is 30.3 Å². The van der Waals surface area contributed by atoms with Crippen LogP contribution in [0.15, 0.2) is 59.5 Å². The first-order valence-electron chi connectivity index (χ1n) is 10.2. The van der Waals surface area contributed by atoms with Gasteiger partial charge in [-0.3, -0.25) is 29.0 Å². The van der Waals surface area contributed by atoms with Crippen LogP contribution in [0.4, 0.5) is 9.59 Å². The lowest BCUT2D eigenvalue weighted by atomic mass is 10.1. The lowest BCUT2D eigenvalue weighted by Gasteiger charge is -2.16. The zero-order valence-electron chi connectivity index (χ0n) is 17.4. The average Bonchev–Trinajstić information content (AvgIpc) is 3.27. The van der Waals surface area contributed by atoms with Crippen LogP contribution in [-0.4, -0.2) is 58.4 Å². The number of nitrogens with zero attached hydrogens (tertiary/aromatic N) is 2. The standard InChI is InChI=1S/C23H20N4O5S/c28-19-13-25-22(31)27(19)14-16-8-4-5-9-17(16)20(29)24-10-11-26-21(30)18(33-23(26)32)12-15-6-2-1-3-7-15/h1-9,12H,10-11,13-14H2,(H,24,29)(H,25,31)/b18-12+. The number of amides is 6. The molecule has 9 nitrogen and oxygen atoms in total. The van der Waals surface area contributed by atoms with Crippen LogP contribution < -0.4 is 10.6 Å². The quantitative estimate of drug-likeness (QED) is 0.480. The van der Waals surface area contributed by atoms with Crippen molar-refractivity contribution in [2.24, 2.45) is 0 Å². The van der Waals surface area contributed by atoms with Gasteiger partial charge in [0.1, 0.15) is 0 Å². The summed E-state index contributed by atoms with van der Waals surface area (Å²) in [6, 6.07) is 15.4. The first kappa shape index (κ1) is 22.3. The maximum Gasteiger partial charge on any atom is 0.324 e. The molecule has 0 aromatic heterocycles. The van der Waals surface area contributed by atoms with Crippen molar-refractivity contribution < 1.29 is 24.0 Å². The van der Waals surface area contributed by atoms with Gasteiger partial charge in [-0.15, -0.1) is 0 Å². The van der Waals surface area contributed by atoms with Gasteiger partial charge in [0.2, 0.25) is 5.91 Å². The third-order valence-corrected chi connectivity index (χ3v) is 6.03. The Bertz CT molecular complexity index is 1150. The summed E-state index contributed by atoms with van der Waals surface area (Å²) in [7, 11) is 0. The van der Waals surface area contributed by atoms with E-state index in [1.165, 1.54) is 0 Å². The van der Waals surface area contributed by atoms with E-state index < -0.39 is 23.1 Å². The van der Waals surface area contributed by atoms with Crippen molar-refractivity contribution in [3.8, 4) is 0 Å². The molecule has 10 heteroatoms. The van der Waals surface area contributed by atoms with E-state index in [1.807, 2.05) is 30.3 Å². The van der Waals surface area contributed by atoms with Gasteiger partial charge in [0.15, 0.2) is 0 Å². The Labute approximate surface area is 193 Å². The number of imide groups is 2. The van der Waals surface area contributed by atoms with Crippen LogP contribution in [0.25, 0.3) is 6.08 Å². The molecule has 0 spiro atoms. The predicted molar refractivity (Wildman–Crippen MR) is 122 cm³/mol. The summed E-state index contributed by atoms with van der Waals surface area (Å²) < 4.78 is 0. The molecule has 0 atom stereocenters. The largest absolute Gasteiger partial charge is 0.350 e. The van der Waals surface area contributed by atoms with Crippen molar-refractivity contribution in [3.05, 3.63) is 76.2 Å². The highest BCUT2D eigenvalue weighted by atomic mass is 32.2. The fraction of sp³-hybridized carbons (Fsp3) is 0.174. The Balaban J connectivity index is 1.37. The number of rotatable bonds is 7. The molecule has 0 unspecified atom stereocenters. The van der Waals surface area contributed by atoms with Gasteiger partial charge < -0.3 is 10.6 Å². The number of benzene rings is 2. The summed E-state index contributed by atoms with van der Waals surface area (Å²) in [6.07, 6.45) is 1.66. The second kappa shape index (κ2) is 9.70. The van der Waals surface area contributed by atoms with Gasteiger partial charge in [-0.1, -0.05) is 48.5 Å². The third-order valence-electron chi connectivity index (χ3n) is 5.12. The smallest absolute Gasteiger partial charge is 0.324 e. The van der Waals surface area contributed by atoms with Crippen molar-refractivity contribution in [3.63, 3.8) is 0 Å². The maximum atomic E-state index is 12.7. The molecule has 2 aliphatic heterocycles. The molecule has 6 amide bonds. The number of carbonyl (C=O) groups is 5. The molecule has 2 saturated heterocycles. The predicted octanol–water partition coefficient (Wildman–Crippen LogP) is 2.20. The van der Waals surface area contributed by atoms with Crippen LogP contribution in [-0.2, 0) is 16.1 Å². The highest BCUT2D eigenvalue weighted by molar-refractivity contribution is 8.18. The molecule has 0 bridgehead atoms. The molecule has 168 valence electrons. The van der Waals surface area contributed by atoms with Crippen LogP contribution >= 0.6 is 11.8 Å².